The average molecular weight is 308 g/mol. The number of amides is 1. The van der Waals surface area contributed by atoms with E-state index in [1.807, 2.05) is 0 Å². The molecule has 110 valence electrons. The predicted octanol–water partition coefficient (Wildman–Crippen LogP) is 1.62. The first-order valence-electron chi connectivity index (χ1n) is 6.30. The van der Waals surface area contributed by atoms with Crippen LogP contribution in [0.15, 0.2) is 0 Å². The maximum atomic E-state index is 12.1. The van der Waals surface area contributed by atoms with E-state index in [0.29, 0.717) is 16.7 Å². The number of aromatic nitrogens is 4. The summed E-state index contributed by atoms with van der Waals surface area (Å²) >= 11 is 1.29. The zero-order valence-electron chi connectivity index (χ0n) is 11.4. The van der Waals surface area contributed by atoms with Crippen LogP contribution in [-0.4, -0.2) is 30.8 Å². The van der Waals surface area contributed by atoms with Crippen LogP contribution < -0.4 is 5.32 Å². The molecule has 1 amide bonds. The molecule has 0 unspecified atom stereocenters. The molecule has 0 aromatic carbocycles. The van der Waals surface area contributed by atoms with Crippen molar-refractivity contribution in [3.8, 4) is 0 Å². The summed E-state index contributed by atoms with van der Waals surface area (Å²) in [5, 5.41) is 26.6. The van der Waals surface area contributed by atoms with Crippen molar-refractivity contribution in [2.45, 2.75) is 25.7 Å². The van der Waals surface area contributed by atoms with Gasteiger partial charge in [0.15, 0.2) is 0 Å². The van der Waals surface area contributed by atoms with Crippen molar-refractivity contribution in [2.75, 3.05) is 5.32 Å². The van der Waals surface area contributed by atoms with E-state index >= 15 is 0 Å². The SMILES string of the molecule is Cc1c([N+](=O)[O-])c(C(=O)Nc2nnc(C3CC3)s2)nn1C. The van der Waals surface area contributed by atoms with Gasteiger partial charge in [0.25, 0.3) is 5.91 Å². The van der Waals surface area contributed by atoms with Gasteiger partial charge in [0.1, 0.15) is 10.7 Å². The summed E-state index contributed by atoms with van der Waals surface area (Å²) in [5.41, 5.74) is -0.189. The Hall–Kier alpha value is -2.36. The highest BCUT2D eigenvalue weighted by atomic mass is 32.1. The zero-order chi connectivity index (χ0) is 15.1. The Labute approximate surface area is 123 Å². The van der Waals surface area contributed by atoms with Gasteiger partial charge >= 0.3 is 5.69 Å². The molecule has 0 radical (unpaired) electrons. The number of nitrogens with one attached hydrogen (secondary N) is 1. The Bertz CT molecular complexity index is 732. The fraction of sp³-hybridized carbons (Fsp3) is 0.455. The molecule has 1 aliphatic rings. The summed E-state index contributed by atoms with van der Waals surface area (Å²) in [6.45, 7) is 1.54. The number of hydrogen-bond acceptors (Lipinski definition) is 7. The highest BCUT2D eigenvalue weighted by Crippen LogP contribution is 2.42. The van der Waals surface area contributed by atoms with E-state index in [9.17, 15) is 14.9 Å². The lowest BCUT2D eigenvalue weighted by molar-refractivity contribution is -0.385. The Kier molecular flexibility index (Phi) is 3.16. The van der Waals surface area contributed by atoms with E-state index in [2.05, 4.69) is 20.6 Å². The van der Waals surface area contributed by atoms with Crippen LogP contribution >= 0.6 is 11.3 Å². The largest absolute Gasteiger partial charge is 0.322 e. The first-order valence-corrected chi connectivity index (χ1v) is 7.11. The van der Waals surface area contributed by atoms with Crippen LogP contribution in [0.1, 0.15) is 39.9 Å². The fourth-order valence-electron chi connectivity index (χ4n) is 1.91. The summed E-state index contributed by atoms with van der Waals surface area (Å²) < 4.78 is 1.31. The Morgan fingerprint density at radius 2 is 2.19 bits per heavy atom. The molecule has 21 heavy (non-hydrogen) atoms. The topological polar surface area (TPSA) is 116 Å². The predicted molar refractivity (Wildman–Crippen MR) is 74.4 cm³/mol. The second-order valence-corrected chi connectivity index (χ2v) is 5.85. The first-order chi connectivity index (χ1) is 9.97. The summed E-state index contributed by atoms with van der Waals surface area (Å²) in [6, 6.07) is 0. The third-order valence-electron chi connectivity index (χ3n) is 3.29. The van der Waals surface area contributed by atoms with Crippen LogP contribution in [0.2, 0.25) is 0 Å². The van der Waals surface area contributed by atoms with Crippen molar-refractivity contribution in [1.29, 1.82) is 0 Å². The van der Waals surface area contributed by atoms with Crippen molar-refractivity contribution in [1.82, 2.24) is 20.0 Å². The molecule has 2 heterocycles. The minimum Gasteiger partial charge on any atom is -0.295 e. The van der Waals surface area contributed by atoms with E-state index in [1.54, 1.807) is 7.05 Å². The minimum absolute atomic E-state index is 0.219. The second kappa shape index (κ2) is 4.88. The third-order valence-corrected chi connectivity index (χ3v) is 4.29. The smallest absolute Gasteiger partial charge is 0.295 e. The maximum Gasteiger partial charge on any atom is 0.322 e. The highest BCUT2D eigenvalue weighted by molar-refractivity contribution is 7.15. The molecule has 0 atom stereocenters. The van der Waals surface area contributed by atoms with Crippen molar-refractivity contribution in [2.24, 2.45) is 7.05 Å². The molecule has 9 nitrogen and oxygen atoms in total. The average Bonchev–Trinajstić information content (AvgIpc) is 3.10. The van der Waals surface area contributed by atoms with E-state index < -0.39 is 10.8 Å². The first kappa shape index (κ1) is 13.6. The number of aryl methyl sites for hydroxylation is 1. The number of carbonyl (C=O) groups excluding carboxylic acids is 1. The summed E-state index contributed by atoms with van der Waals surface area (Å²) in [4.78, 5) is 22.6. The van der Waals surface area contributed by atoms with E-state index in [4.69, 9.17) is 0 Å². The molecule has 3 rings (SSSR count). The van der Waals surface area contributed by atoms with Crippen molar-refractivity contribution in [3.63, 3.8) is 0 Å². The molecule has 1 saturated carbocycles. The number of hydrogen-bond donors (Lipinski definition) is 1. The van der Waals surface area contributed by atoms with Crippen LogP contribution in [0.4, 0.5) is 10.8 Å². The number of rotatable bonds is 4. The van der Waals surface area contributed by atoms with Gasteiger partial charge in [-0.3, -0.25) is 24.9 Å². The number of anilines is 1. The second-order valence-electron chi connectivity index (χ2n) is 4.84. The molecule has 0 aliphatic heterocycles. The molecule has 1 fully saturated rings. The Morgan fingerprint density at radius 1 is 1.48 bits per heavy atom. The van der Waals surface area contributed by atoms with Crippen LogP contribution in [-0.2, 0) is 7.05 Å². The molecule has 10 heteroatoms. The van der Waals surface area contributed by atoms with Gasteiger partial charge in [0.2, 0.25) is 10.8 Å². The lowest BCUT2D eigenvalue weighted by atomic mass is 10.3. The van der Waals surface area contributed by atoms with Crippen molar-refractivity contribution < 1.29 is 9.72 Å². The Morgan fingerprint density at radius 3 is 2.81 bits per heavy atom. The number of nitrogens with zero attached hydrogens (tertiary/aromatic N) is 5. The van der Waals surface area contributed by atoms with Crippen LogP contribution in [0.5, 0.6) is 0 Å². The zero-order valence-corrected chi connectivity index (χ0v) is 12.2. The lowest BCUT2D eigenvalue weighted by Crippen LogP contribution is -2.14. The molecule has 1 N–H and O–H groups in total. The van der Waals surface area contributed by atoms with E-state index in [-0.39, 0.29) is 11.4 Å². The van der Waals surface area contributed by atoms with E-state index in [0.717, 1.165) is 17.8 Å². The molecule has 2 aromatic rings. The quantitative estimate of drug-likeness (QED) is 0.677. The number of carbonyl (C=O) groups is 1. The van der Waals surface area contributed by atoms with E-state index in [1.165, 1.54) is 22.9 Å². The monoisotopic (exact) mass is 308 g/mol. The van der Waals surface area contributed by atoms with Gasteiger partial charge in [-0.1, -0.05) is 11.3 Å². The summed E-state index contributed by atoms with van der Waals surface area (Å²) in [5.74, 6) is -0.205. The molecular formula is C11H12N6O3S. The van der Waals surface area contributed by atoms with Crippen molar-refractivity contribution >= 4 is 28.1 Å². The van der Waals surface area contributed by atoms with Crippen LogP contribution in [0, 0.1) is 17.0 Å². The number of nitro groups is 1. The van der Waals surface area contributed by atoms with Crippen LogP contribution in [0.3, 0.4) is 0 Å². The fourth-order valence-corrected chi connectivity index (χ4v) is 2.81. The third kappa shape index (κ3) is 2.49. The maximum absolute atomic E-state index is 12.1. The lowest BCUT2D eigenvalue weighted by Gasteiger charge is -1.96. The van der Waals surface area contributed by atoms with Gasteiger partial charge in [-0.15, -0.1) is 10.2 Å². The summed E-state index contributed by atoms with van der Waals surface area (Å²) in [6.07, 6.45) is 2.18. The van der Waals surface area contributed by atoms with Gasteiger partial charge in [-0.05, 0) is 19.8 Å². The van der Waals surface area contributed by atoms with Crippen molar-refractivity contribution in [3.05, 3.63) is 26.5 Å². The standard InChI is InChI=1S/C11H12N6O3S/c1-5-8(17(19)20)7(15-16(5)2)9(18)12-11-14-13-10(21-11)6-3-4-6/h6H,3-4H2,1-2H3,(H,12,14,18). The molecule has 1 aliphatic carbocycles. The highest BCUT2D eigenvalue weighted by Gasteiger charge is 2.31. The molecule has 0 saturated heterocycles. The molecule has 0 bridgehead atoms. The Balaban J connectivity index is 1.84. The minimum atomic E-state index is -0.649. The molecule has 0 spiro atoms. The van der Waals surface area contributed by atoms with Gasteiger partial charge in [0.05, 0.1) is 4.92 Å². The molecular weight excluding hydrogens is 296 g/mol. The van der Waals surface area contributed by atoms with Gasteiger partial charge in [-0.2, -0.15) is 5.10 Å². The van der Waals surface area contributed by atoms with Gasteiger partial charge in [0, 0.05) is 13.0 Å². The summed E-state index contributed by atoms with van der Waals surface area (Å²) in [7, 11) is 1.55. The normalized spacial score (nSPS) is 14.2. The van der Waals surface area contributed by atoms with Gasteiger partial charge < -0.3 is 0 Å². The van der Waals surface area contributed by atoms with Gasteiger partial charge in [-0.25, -0.2) is 0 Å². The van der Waals surface area contributed by atoms with Crippen LogP contribution in [0.25, 0.3) is 0 Å². The molecule has 2 aromatic heterocycles.